The van der Waals surface area contributed by atoms with Crippen molar-refractivity contribution in [2.45, 2.75) is 6.92 Å². The number of aromatic hydroxyl groups is 1. The molecule has 0 atom stereocenters. The van der Waals surface area contributed by atoms with Gasteiger partial charge in [0, 0.05) is 22.7 Å². The number of hydrogen-bond acceptors (Lipinski definition) is 3. The SMILES string of the molecule is CCN=C1NN=C(c2ccc(O)cc2)c2cc(Cl)ccc2N1. The molecule has 112 valence electrons. The Hall–Kier alpha value is -2.53. The van der Waals surface area contributed by atoms with Crippen LogP contribution in [0.15, 0.2) is 52.6 Å². The lowest BCUT2D eigenvalue weighted by atomic mass is 10.0. The van der Waals surface area contributed by atoms with Crippen LogP contribution in [0.2, 0.25) is 5.02 Å². The Labute approximate surface area is 133 Å². The van der Waals surface area contributed by atoms with E-state index < -0.39 is 0 Å². The van der Waals surface area contributed by atoms with E-state index in [-0.39, 0.29) is 5.75 Å². The molecule has 0 radical (unpaired) electrons. The number of rotatable bonds is 2. The van der Waals surface area contributed by atoms with Gasteiger partial charge in [-0.3, -0.25) is 4.99 Å². The van der Waals surface area contributed by atoms with Gasteiger partial charge in [-0.1, -0.05) is 11.6 Å². The highest BCUT2D eigenvalue weighted by molar-refractivity contribution is 6.31. The fraction of sp³-hybridized carbons (Fsp3) is 0.125. The summed E-state index contributed by atoms with van der Waals surface area (Å²) in [6.07, 6.45) is 0. The van der Waals surface area contributed by atoms with Gasteiger partial charge in [0.15, 0.2) is 0 Å². The molecule has 1 aliphatic rings. The van der Waals surface area contributed by atoms with Gasteiger partial charge in [-0.2, -0.15) is 5.10 Å². The van der Waals surface area contributed by atoms with E-state index in [1.54, 1.807) is 12.1 Å². The molecule has 0 saturated heterocycles. The van der Waals surface area contributed by atoms with Crippen LogP contribution in [-0.4, -0.2) is 23.3 Å². The summed E-state index contributed by atoms with van der Waals surface area (Å²) >= 11 is 6.13. The topological polar surface area (TPSA) is 69.0 Å². The van der Waals surface area contributed by atoms with Crippen molar-refractivity contribution in [2.75, 3.05) is 11.9 Å². The van der Waals surface area contributed by atoms with Crippen molar-refractivity contribution in [2.24, 2.45) is 10.1 Å². The first kappa shape index (κ1) is 14.4. The molecule has 3 rings (SSSR count). The van der Waals surface area contributed by atoms with E-state index >= 15 is 0 Å². The number of phenolic OH excluding ortho intramolecular Hbond substituents is 1. The van der Waals surface area contributed by atoms with E-state index in [2.05, 4.69) is 20.8 Å². The van der Waals surface area contributed by atoms with Crippen molar-refractivity contribution in [3.63, 3.8) is 0 Å². The molecule has 6 heteroatoms. The molecule has 0 saturated carbocycles. The Morgan fingerprint density at radius 1 is 1.18 bits per heavy atom. The van der Waals surface area contributed by atoms with Crippen molar-refractivity contribution in [1.82, 2.24) is 5.43 Å². The average molecular weight is 315 g/mol. The fourth-order valence-electron chi connectivity index (χ4n) is 2.22. The minimum absolute atomic E-state index is 0.212. The third-order valence-corrected chi connectivity index (χ3v) is 3.46. The number of halogens is 1. The van der Waals surface area contributed by atoms with Gasteiger partial charge in [0.25, 0.3) is 0 Å². The normalized spacial score (nSPS) is 15.4. The van der Waals surface area contributed by atoms with Crippen molar-refractivity contribution in [3.8, 4) is 5.75 Å². The Kier molecular flexibility index (Phi) is 3.98. The maximum Gasteiger partial charge on any atom is 0.216 e. The van der Waals surface area contributed by atoms with Gasteiger partial charge in [-0.05, 0) is 49.4 Å². The Morgan fingerprint density at radius 3 is 2.68 bits per heavy atom. The molecule has 0 fully saturated rings. The second-order valence-corrected chi connectivity index (χ2v) is 5.19. The van der Waals surface area contributed by atoms with Crippen molar-refractivity contribution >= 4 is 29.0 Å². The monoisotopic (exact) mass is 314 g/mol. The lowest BCUT2D eigenvalue weighted by molar-refractivity contribution is 0.475. The maximum atomic E-state index is 9.45. The number of hydrogen-bond donors (Lipinski definition) is 3. The van der Waals surface area contributed by atoms with Crippen LogP contribution in [0, 0.1) is 0 Å². The van der Waals surface area contributed by atoms with Crippen LogP contribution < -0.4 is 10.7 Å². The molecule has 2 aromatic carbocycles. The minimum Gasteiger partial charge on any atom is -0.508 e. The Bertz CT molecular complexity index is 753. The number of benzene rings is 2. The lowest BCUT2D eigenvalue weighted by Crippen LogP contribution is -2.25. The average Bonchev–Trinajstić information content (AvgIpc) is 2.68. The first-order valence-corrected chi connectivity index (χ1v) is 7.29. The zero-order valence-corrected chi connectivity index (χ0v) is 12.7. The Morgan fingerprint density at radius 2 is 1.95 bits per heavy atom. The van der Waals surface area contributed by atoms with E-state index in [1.807, 2.05) is 37.3 Å². The summed E-state index contributed by atoms with van der Waals surface area (Å²) in [4.78, 5) is 4.32. The predicted molar refractivity (Wildman–Crippen MR) is 89.9 cm³/mol. The van der Waals surface area contributed by atoms with Gasteiger partial charge < -0.3 is 10.4 Å². The molecule has 1 aliphatic heterocycles. The number of fused-ring (bicyclic) bond motifs is 1. The largest absolute Gasteiger partial charge is 0.508 e. The zero-order valence-electron chi connectivity index (χ0n) is 12.0. The molecule has 0 spiro atoms. The van der Waals surface area contributed by atoms with Crippen LogP contribution in [0.3, 0.4) is 0 Å². The van der Waals surface area contributed by atoms with E-state index in [0.29, 0.717) is 17.5 Å². The summed E-state index contributed by atoms with van der Waals surface area (Å²) in [5.74, 6) is 0.795. The molecule has 0 unspecified atom stereocenters. The summed E-state index contributed by atoms with van der Waals surface area (Å²) in [6.45, 7) is 2.59. The number of aliphatic imine (C=N–C) groups is 1. The van der Waals surface area contributed by atoms with E-state index in [0.717, 1.165) is 22.5 Å². The molecule has 0 bridgehead atoms. The van der Waals surface area contributed by atoms with Crippen LogP contribution in [0.1, 0.15) is 18.1 Å². The number of hydrazone groups is 1. The van der Waals surface area contributed by atoms with Crippen molar-refractivity contribution < 1.29 is 5.11 Å². The quantitative estimate of drug-likeness (QED) is 0.797. The van der Waals surface area contributed by atoms with Gasteiger partial charge in [0.05, 0.1) is 5.69 Å². The third kappa shape index (κ3) is 2.89. The van der Waals surface area contributed by atoms with E-state index in [9.17, 15) is 5.11 Å². The number of anilines is 1. The van der Waals surface area contributed by atoms with Gasteiger partial charge in [-0.25, -0.2) is 5.43 Å². The molecule has 0 aliphatic carbocycles. The van der Waals surface area contributed by atoms with Crippen LogP contribution in [-0.2, 0) is 0 Å². The molecular formula is C16H15ClN4O. The number of guanidine groups is 1. The van der Waals surface area contributed by atoms with Crippen LogP contribution in [0.5, 0.6) is 5.75 Å². The number of nitrogens with one attached hydrogen (secondary N) is 2. The van der Waals surface area contributed by atoms with Crippen molar-refractivity contribution in [1.29, 1.82) is 0 Å². The highest BCUT2D eigenvalue weighted by Crippen LogP contribution is 2.26. The second kappa shape index (κ2) is 6.07. The minimum atomic E-state index is 0.212. The third-order valence-electron chi connectivity index (χ3n) is 3.22. The van der Waals surface area contributed by atoms with Gasteiger partial charge in [0.1, 0.15) is 11.5 Å². The molecule has 0 aromatic heterocycles. The van der Waals surface area contributed by atoms with E-state index in [4.69, 9.17) is 11.6 Å². The highest BCUT2D eigenvalue weighted by Gasteiger charge is 2.17. The van der Waals surface area contributed by atoms with Crippen LogP contribution in [0.25, 0.3) is 0 Å². The summed E-state index contributed by atoms with van der Waals surface area (Å²) < 4.78 is 0. The molecule has 5 nitrogen and oxygen atoms in total. The fourth-order valence-corrected chi connectivity index (χ4v) is 2.39. The number of nitrogens with zero attached hydrogens (tertiary/aromatic N) is 2. The van der Waals surface area contributed by atoms with E-state index in [1.165, 1.54) is 0 Å². The molecule has 22 heavy (non-hydrogen) atoms. The zero-order chi connectivity index (χ0) is 15.5. The molecular weight excluding hydrogens is 300 g/mol. The first-order chi connectivity index (χ1) is 10.7. The lowest BCUT2D eigenvalue weighted by Gasteiger charge is -2.10. The predicted octanol–water partition coefficient (Wildman–Crippen LogP) is 3.19. The van der Waals surface area contributed by atoms with Gasteiger partial charge >= 0.3 is 0 Å². The summed E-state index contributed by atoms with van der Waals surface area (Å²) in [6, 6.07) is 12.4. The molecule has 1 heterocycles. The Balaban J connectivity index is 2.14. The smallest absolute Gasteiger partial charge is 0.216 e. The van der Waals surface area contributed by atoms with Gasteiger partial charge in [0.2, 0.25) is 5.96 Å². The van der Waals surface area contributed by atoms with Gasteiger partial charge in [-0.15, -0.1) is 0 Å². The van der Waals surface area contributed by atoms with Crippen LogP contribution in [0.4, 0.5) is 5.69 Å². The summed E-state index contributed by atoms with van der Waals surface area (Å²) in [5, 5.41) is 17.7. The molecule has 3 N–H and O–H groups in total. The van der Waals surface area contributed by atoms with Crippen LogP contribution >= 0.6 is 11.6 Å². The second-order valence-electron chi connectivity index (χ2n) is 4.76. The first-order valence-electron chi connectivity index (χ1n) is 6.92. The highest BCUT2D eigenvalue weighted by atomic mass is 35.5. The molecule has 0 amide bonds. The summed E-state index contributed by atoms with van der Waals surface area (Å²) in [7, 11) is 0. The van der Waals surface area contributed by atoms with Crippen molar-refractivity contribution in [3.05, 3.63) is 58.6 Å². The molecule has 2 aromatic rings. The summed E-state index contributed by atoms with van der Waals surface area (Å²) in [5.41, 5.74) is 6.27. The number of phenols is 1. The standard InChI is InChI=1S/C16H15ClN4O/c1-2-18-16-19-14-8-5-11(17)9-13(14)15(20-21-16)10-3-6-12(22)7-4-10/h3-9,22H,2H2,1H3,(H2,18,19,21). The maximum absolute atomic E-state index is 9.45.